The van der Waals surface area contributed by atoms with Crippen molar-refractivity contribution in [3.05, 3.63) is 0 Å². The maximum Gasteiger partial charge on any atom is 0.220 e. The van der Waals surface area contributed by atoms with Gasteiger partial charge in [0.2, 0.25) is 5.91 Å². The Kier molecular flexibility index (Phi) is 9.34. The number of piperazine rings is 1. The second kappa shape index (κ2) is 10.6. The maximum absolute atomic E-state index is 11.6. The number of unbranched alkanes of at least 4 members (excludes halogenated alkanes) is 1. The van der Waals surface area contributed by atoms with Crippen LogP contribution in [0.2, 0.25) is 0 Å². The monoisotopic (exact) mass is 273 g/mol. The zero-order chi connectivity index (χ0) is 13.1. The standard InChI is InChI=1S/C13H27N3OS/c1-2-3-11-18-12-4-13(17)15-7-10-16-8-5-14-6-9-16/h14H,2-12H2,1H3,(H,15,17). The molecule has 0 spiro atoms. The molecule has 0 aromatic rings. The number of thioether (sulfide) groups is 1. The van der Waals surface area contributed by atoms with Gasteiger partial charge in [0.25, 0.3) is 0 Å². The van der Waals surface area contributed by atoms with Crippen molar-refractivity contribution in [3.63, 3.8) is 0 Å². The molecule has 1 rings (SSSR count). The highest BCUT2D eigenvalue weighted by Gasteiger charge is 2.09. The van der Waals surface area contributed by atoms with Crippen molar-refractivity contribution >= 4 is 17.7 Å². The molecule has 1 saturated heterocycles. The molecule has 1 aliphatic heterocycles. The van der Waals surface area contributed by atoms with Gasteiger partial charge in [0.05, 0.1) is 0 Å². The molecule has 2 N–H and O–H groups in total. The van der Waals surface area contributed by atoms with Gasteiger partial charge >= 0.3 is 0 Å². The number of hydrogen-bond donors (Lipinski definition) is 2. The van der Waals surface area contributed by atoms with E-state index in [-0.39, 0.29) is 5.91 Å². The minimum Gasteiger partial charge on any atom is -0.355 e. The Morgan fingerprint density at radius 2 is 2.11 bits per heavy atom. The summed E-state index contributed by atoms with van der Waals surface area (Å²) >= 11 is 1.89. The van der Waals surface area contributed by atoms with Crippen LogP contribution < -0.4 is 10.6 Å². The molecule has 0 unspecified atom stereocenters. The van der Waals surface area contributed by atoms with Gasteiger partial charge in [0, 0.05) is 51.4 Å². The van der Waals surface area contributed by atoms with Gasteiger partial charge in [-0.05, 0) is 12.2 Å². The molecule has 1 fully saturated rings. The molecule has 0 radical (unpaired) electrons. The highest BCUT2D eigenvalue weighted by molar-refractivity contribution is 7.99. The van der Waals surface area contributed by atoms with Gasteiger partial charge in [0.15, 0.2) is 0 Å². The number of carbonyl (C=O) groups excluding carboxylic acids is 1. The van der Waals surface area contributed by atoms with Crippen LogP contribution in [-0.4, -0.2) is 61.6 Å². The topological polar surface area (TPSA) is 44.4 Å². The van der Waals surface area contributed by atoms with Crippen molar-refractivity contribution in [3.8, 4) is 0 Å². The normalized spacial score (nSPS) is 16.7. The zero-order valence-electron chi connectivity index (χ0n) is 11.5. The first kappa shape index (κ1) is 15.8. The average Bonchev–Trinajstić information content (AvgIpc) is 2.40. The van der Waals surface area contributed by atoms with Gasteiger partial charge in [-0.3, -0.25) is 9.69 Å². The molecule has 0 bridgehead atoms. The van der Waals surface area contributed by atoms with E-state index in [0.29, 0.717) is 6.42 Å². The molecular weight excluding hydrogens is 246 g/mol. The molecule has 1 heterocycles. The maximum atomic E-state index is 11.6. The first-order valence-electron chi connectivity index (χ1n) is 7.10. The second-order valence-electron chi connectivity index (χ2n) is 4.66. The Morgan fingerprint density at radius 3 is 2.83 bits per heavy atom. The average molecular weight is 273 g/mol. The van der Waals surface area contributed by atoms with E-state index in [1.165, 1.54) is 18.6 Å². The molecule has 106 valence electrons. The Hall–Kier alpha value is -0.260. The molecule has 0 aromatic heterocycles. The fourth-order valence-electron chi connectivity index (χ4n) is 1.89. The van der Waals surface area contributed by atoms with Crippen LogP contribution in [0.4, 0.5) is 0 Å². The molecular formula is C13H27N3OS. The molecule has 1 amide bonds. The van der Waals surface area contributed by atoms with E-state index in [9.17, 15) is 4.79 Å². The summed E-state index contributed by atoms with van der Waals surface area (Å²) in [5.74, 6) is 2.35. The number of amides is 1. The van der Waals surface area contributed by atoms with Crippen LogP contribution in [0.3, 0.4) is 0 Å². The summed E-state index contributed by atoms with van der Waals surface area (Å²) in [5, 5.41) is 6.33. The SMILES string of the molecule is CCCCSCCC(=O)NCCN1CCNCC1. The summed E-state index contributed by atoms with van der Waals surface area (Å²) in [5.41, 5.74) is 0. The molecule has 5 heteroatoms. The lowest BCUT2D eigenvalue weighted by atomic mass is 10.3. The van der Waals surface area contributed by atoms with E-state index in [0.717, 1.165) is 45.0 Å². The fourth-order valence-corrected chi connectivity index (χ4v) is 2.92. The van der Waals surface area contributed by atoms with Gasteiger partial charge in [-0.25, -0.2) is 0 Å². The summed E-state index contributed by atoms with van der Waals surface area (Å²) in [6.45, 7) is 8.31. The lowest BCUT2D eigenvalue weighted by Gasteiger charge is -2.27. The van der Waals surface area contributed by atoms with Crippen LogP contribution in [-0.2, 0) is 4.79 Å². The van der Waals surface area contributed by atoms with Crippen LogP contribution in [0.5, 0.6) is 0 Å². The minimum absolute atomic E-state index is 0.203. The minimum atomic E-state index is 0.203. The van der Waals surface area contributed by atoms with Crippen LogP contribution in [0.1, 0.15) is 26.2 Å². The van der Waals surface area contributed by atoms with E-state index in [1.54, 1.807) is 0 Å². The van der Waals surface area contributed by atoms with E-state index >= 15 is 0 Å². The van der Waals surface area contributed by atoms with Crippen LogP contribution in [0, 0.1) is 0 Å². The number of carbonyl (C=O) groups is 1. The predicted octanol–water partition coefficient (Wildman–Crippen LogP) is 0.931. The molecule has 0 atom stereocenters. The van der Waals surface area contributed by atoms with Crippen molar-refractivity contribution in [1.82, 2.24) is 15.5 Å². The first-order valence-corrected chi connectivity index (χ1v) is 8.26. The second-order valence-corrected chi connectivity index (χ2v) is 5.88. The number of rotatable bonds is 9. The first-order chi connectivity index (χ1) is 8.83. The summed E-state index contributed by atoms with van der Waals surface area (Å²) in [7, 11) is 0. The quantitative estimate of drug-likeness (QED) is 0.614. The van der Waals surface area contributed by atoms with Crippen LogP contribution in [0.25, 0.3) is 0 Å². The molecule has 18 heavy (non-hydrogen) atoms. The van der Waals surface area contributed by atoms with E-state index in [2.05, 4.69) is 22.5 Å². The van der Waals surface area contributed by atoms with Gasteiger partial charge in [-0.15, -0.1) is 0 Å². The van der Waals surface area contributed by atoms with E-state index in [4.69, 9.17) is 0 Å². The highest BCUT2D eigenvalue weighted by Crippen LogP contribution is 2.05. The number of hydrogen-bond acceptors (Lipinski definition) is 4. The lowest BCUT2D eigenvalue weighted by molar-refractivity contribution is -0.120. The third kappa shape index (κ3) is 7.95. The molecule has 0 aliphatic carbocycles. The van der Waals surface area contributed by atoms with E-state index < -0.39 is 0 Å². The third-order valence-electron chi connectivity index (χ3n) is 3.08. The van der Waals surface area contributed by atoms with Crippen molar-refractivity contribution < 1.29 is 4.79 Å². The van der Waals surface area contributed by atoms with Crippen molar-refractivity contribution in [2.24, 2.45) is 0 Å². The summed E-state index contributed by atoms with van der Waals surface area (Å²) in [4.78, 5) is 14.0. The largest absolute Gasteiger partial charge is 0.355 e. The van der Waals surface area contributed by atoms with Crippen molar-refractivity contribution in [2.45, 2.75) is 26.2 Å². The number of nitrogens with zero attached hydrogens (tertiary/aromatic N) is 1. The smallest absolute Gasteiger partial charge is 0.220 e. The van der Waals surface area contributed by atoms with Gasteiger partial charge < -0.3 is 10.6 Å². The molecule has 1 aliphatic rings. The van der Waals surface area contributed by atoms with Crippen molar-refractivity contribution in [2.75, 3.05) is 50.8 Å². The van der Waals surface area contributed by atoms with Crippen LogP contribution >= 0.6 is 11.8 Å². The van der Waals surface area contributed by atoms with E-state index in [1.807, 2.05) is 11.8 Å². The Bertz CT molecular complexity index is 220. The van der Waals surface area contributed by atoms with Crippen molar-refractivity contribution in [1.29, 1.82) is 0 Å². The van der Waals surface area contributed by atoms with Gasteiger partial charge in [-0.2, -0.15) is 11.8 Å². The summed E-state index contributed by atoms with van der Waals surface area (Å²) in [6.07, 6.45) is 3.16. The Balaban J connectivity index is 1.89. The zero-order valence-corrected chi connectivity index (χ0v) is 12.4. The molecule has 0 aromatic carbocycles. The number of nitrogens with one attached hydrogen (secondary N) is 2. The molecule has 4 nitrogen and oxygen atoms in total. The fraction of sp³-hybridized carbons (Fsp3) is 0.923. The molecule has 0 saturated carbocycles. The van der Waals surface area contributed by atoms with Crippen LogP contribution in [0.15, 0.2) is 0 Å². The third-order valence-corrected chi connectivity index (χ3v) is 4.15. The highest BCUT2D eigenvalue weighted by atomic mass is 32.2. The van der Waals surface area contributed by atoms with Gasteiger partial charge in [0.1, 0.15) is 0 Å². The predicted molar refractivity (Wildman–Crippen MR) is 79.2 cm³/mol. The summed E-state index contributed by atoms with van der Waals surface area (Å²) in [6, 6.07) is 0. The Morgan fingerprint density at radius 1 is 1.33 bits per heavy atom. The lowest BCUT2D eigenvalue weighted by Crippen LogP contribution is -2.46. The van der Waals surface area contributed by atoms with Gasteiger partial charge in [-0.1, -0.05) is 13.3 Å². The summed E-state index contributed by atoms with van der Waals surface area (Å²) < 4.78 is 0. The Labute approximate surface area is 115 Å².